The van der Waals surface area contributed by atoms with Gasteiger partial charge >= 0.3 is 0 Å². The summed E-state index contributed by atoms with van der Waals surface area (Å²) in [6.45, 7) is 1.78. The van der Waals surface area contributed by atoms with E-state index in [0.29, 0.717) is 23.2 Å². The lowest BCUT2D eigenvalue weighted by Crippen LogP contribution is -2.36. The second-order valence-electron chi connectivity index (χ2n) is 5.60. The van der Waals surface area contributed by atoms with Gasteiger partial charge in [0.25, 0.3) is 5.91 Å². The van der Waals surface area contributed by atoms with Crippen molar-refractivity contribution in [2.75, 3.05) is 6.61 Å². The smallest absolute Gasteiger partial charge is 0.251 e. The van der Waals surface area contributed by atoms with Gasteiger partial charge < -0.3 is 10.4 Å². The fraction of sp³-hybridized carbons (Fsp3) is 0.222. The average molecular weight is 327 g/mol. The molecule has 0 unspecified atom stereocenters. The lowest BCUT2D eigenvalue weighted by Gasteiger charge is -2.14. The van der Waals surface area contributed by atoms with E-state index < -0.39 is 0 Å². The molecule has 0 aliphatic rings. The van der Waals surface area contributed by atoms with E-state index in [0.717, 1.165) is 10.9 Å². The maximum atomic E-state index is 13.5. The molecule has 0 saturated heterocycles. The van der Waals surface area contributed by atoms with Gasteiger partial charge in [-0.3, -0.25) is 9.89 Å². The zero-order valence-corrected chi connectivity index (χ0v) is 13.2. The molecule has 124 valence electrons. The van der Waals surface area contributed by atoms with E-state index in [1.54, 1.807) is 30.3 Å². The summed E-state index contributed by atoms with van der Waals surface area (Å²) in [4.78, 5) is 12.3. The number of amides is 1. The van der Waals surface area contributed by atoms with E-state index in [1.807, 2.05) is 6.92 Å². The molecule has 1 aromatic heterocycles. The number of carbonyl (C=O) groups is 1. The van der Waals surface area contributed by atoms with Crippen molar-refractivity contribution in [3.05, 3.63) is 53.8 Å². The largest absolute Gasteiger partial charge is 0.394 e. The first-order valence-electron chi connectivity index (χ1n) is 7.78. The van der Waals surface area contributed by atoms with E-state index in [9.17, 15) is 14.3 Å². The Morgan fingerprint density at radius 2 is 2.17 bits per heavy atom. The summed E-state index contributed by atoms with van der Waals surface area (Å²) < 4.78 is 13.5. The number of aromatic amines is 1. The molecule has 0 bridgehead atoms. The highest BCUT2D eigenvalue weighted by Crippen LogP contribution is 2.27. The zero-order valence-electron chi connectivity index (χ0n) is 13.2. The third-order valence-electron chi connectivity index (χ3n) is 3.97. The van der Waals surface area contributed by atoms with Crippen LogP contribution in [0.4, 0.5) is 4.39 Å². The Morgan fingerprint density at radius 3 is 2.88 bits per heavy atom. The molecule has 3 rings (SSSR count). The molecule has 1 heterocycles. The topological polar surface area (TPSA) is 78.0 Å². The molecule has 1 atom stereocenters. The van der Waals surface area contributed by atoms with Gasteiger partial charge in [0.1, 0.15) is 11.5 Å². The van der Waals surface area contributed by atoms with Crippen molar-refractivity contribution in [1.29, 1.82) is 0 Å². The van der Waals surface area contributed by atoms with E-state index in [-0.39, 0.29) is 24.4 Å². The van der Waals surface area contributed by atoms with Crippen molar-refractivity contribution in [2.24, 2.45) is 0 Å². The lowest BCUT2D eigenvalue weighted by atomic mass is 10.0. The van der Waals surface area contributed by atoms with Crippen LogP contribution in [0.5, 0.6) is 0 Å². The molecule has 3 aromatic rings. The van der Waals surface area contributed by atoms with Gasteiger partial charge in [-0.1, -0.05) is 19.1 Å². The number of halogens is 1. The summed E-state index contributed by atoms with van der Waals surface area (Å²) in [6.07, 6.45) is 0.644. The number of nitrogens with zero attached hydrogens (tertiary/aromatic N) is 1. The average Bonchev–Trinajstić information content (AvgIpc) is 3.02. The van der Waals surface area contributed by atoms with Crippen molar-refractivity contribution in [2.45, 2.75) is 19.4 Å². The van der Waals surface area contributed by atoms with Gasteiger partial charge in [-0.15, -0.1) is 0 Å². The molecular formula is C18H18FN3O2. The van der Waals surface area contributed by atoms with Crippen LogP contribution in [0.1, 0.15) is 23.7 Å². The summed E-state index contributed by atoms with van der Waals surface area (Å²) >= 11 is 0. The van der Waals surface area contributed by atoms with Gasteiger partial charge in [0.15, 0.2) is 0 Å². The highest BCUT2D eigenvalue weighted by molar-refractivity contribution is 6.01. The maximum Gasteiger partial charge on any atom is 0.251 e. The van der Waals surface area contributed by atoms with Gasteiger partial charge in [0.2, 0.25) is 0 Å². The molecule has 0 radical (unpaired) electrons. The number of fused-ring (bicyclic) bond motifs is 1. The number of hydrogen-bond acceptors (Lipinski definition) is 3. The number of hydrogen-bond donors (Lipinski definition) is 3. The minimum absolute atomic E-state index is 0.106. The fourth-order valence-corrected chi connectivity index (χ4v) is 2.56. The van der Waals surface area contributed by atoms with Crippen LogP contribution >= 0.6 is 0 Å². The number of benzene rings is 2. The van der Waals surface area contributed by atoms with E-state index in [2.05, 4.69) is 15.5 Å². The predicted octanol–water partition coefficient (Wildman–Crippen LogP) is 2.87. The van der Waals surface area contributed by atoms with Crippen LogP contribution < -0.4 is 5.32 Å². The first-order chi connectivity index (χ1) is 11.6. The first kappa shape index (κ1) is 16.1. The summed E-state index contributed by atoms with van der Waals surface area (Å²) in [6, 6.07) is 11.1. The number of aliphatic hydroxyl groups excluding tert-OH is 1. The number of rotatable bonds is 5. The zero-order chi connectivity index (χ0) is 17.1. The van der Waals surface area contributed by atoms with Crippen molar-refractivity contribution in [3.8, 4) is 11.3 Å². The molecule has 0 aliphatic carbocycles. The van der Waals surface area contributed by atoms with Crippen molar-refractivity contribution in [1.82, 2.24) is 15.5 Å². The highest BCUT2D eigenvalue weighted by Gasteiger charge is 2.14. The van der Waals surface area contributed by atoms with E-state index in [4.69, 9.17) is 0 Å². The van der Waals surface area contributed by atoms with Gasteiger partial charge in [-0.25, -0.2) is 4.39 Å². The third-order valence-corrected chi connectivity index (χ3v) is 3.97. The quantitative estimate of drug-likeness (QED) is 0.674. The van der Waals surface area contributed by atoms with Crippen LogP contribution in [-0.2, 0) is 0 Å². The summed E-state index contributed by atoms with van der Waals surface area (Å²) in [7, 11) is 0. The van der Waals surface area contributed by atoms with Crippen LogP contribution in [0.3, 0.4) is 0 Å². The SMILES string of the molecule is CC[C@H](CO)NC(=O)c1ccc2[nH]nc(-c3cccc(F)c3)c2c1. The Bertz CT molecular complexity index is 872. The second-order valence-corrected chi connectivity index (χ2v) is 5.60. The summed E-state index contributed by atoms with van der Waals surface area (Å²) in [5.74, 6) is -0.601. The van der Waals surface area contributed by atoms with Crippen LogP contribution in [-0.4, -0.2) is 33.9 Å². The van der Waals surface area contributed by atoms with Crippen LogP contribution in [0, 0.1) is 5.82 Å². The first-order valence-corrected chi connectivity index (χ1v) is 7.78. The van der Waals surface area contributed by atoms with Gasteiger partial charge in [-0.05, 0) is 36.8 Å². The maximum absolute atomic E-state index is 13.5. The Hall–Kier alpha value is -2.73. The molecule has 24 heavy (non-hydrogen) atoms. The molecule has 2 aromatic carbocycles. The Labute approximate surface area is 138 Å². The van der Waals surface area contributed by atoms with Crippen molar-refractivity contribution in [3.63, 3.8) is 0 Å². The Kier molecular flexibility index (Phi) is 4.57. The number of H-pyrrole nitrogens is 1. The van der Waals surface area contributed by atoms with Crippen molar-refractivity contribution < 1.29 is 14.3 Å². The summed E-state index contributed by atoms with van der Waals surface area (Å²) in [5, 5.41) is 19.9. The molecule has 0 fully saturated rings. The molecule has 0 aliphatic heterocycles. The van der Waals surface area contributed by atoms with Crippen molar-refractivity contribution >= 4 is 16.8 Å². The van der Waals surface area contributed by atoms with Gasteiger partial charge in [0.05, 0.1) is 18.2 Å². The molecule has 0 spiro atoms. The molecule has 0 saturated carbocycles. The number of aromatic nitrogens is 2. The molecular weight excluding hydrogens is 309 g/mol. The van der Waals surface area contributed by atoms with E-state index >= 15 is 0 Å². The standard InChI is InChI=1S/C18H18FN3O2/c1-2-14(10-23)20-18(24)12-6-7-16-15(9-12)17(22-21-16)11-4-3-5-13(19)8-11/h3-9,14,23H,2,10H2,1H3,(H,20,24)(H,21,22)/t14-/m1/s1. The highest BCUT2D eigenvalue weighted by atomic mass is 19.1. The van der Waals surface area contributed by atoms with Crippen LogP contribution in [0.15, 0.2) is 42.5 Å². The minimum Gasteiger partial charge on any atom is -0.394 e. The monoisotopic (exact) mass is 327 g/mol. The third kappa shape index (κ3) is 3.14. The van der Waals surface area contributed by atoms with Gasteiger partial charge in [-0.2, -0.15) is 5.10 Å². The minimum atomic E-state index is -0.341. The van der Waals surface area contributed by atoms with Crippen LogP contribution in [0.25, 0.3) is 22.2 Å². The second kappa shape index (κ2) is 6.80. The normalized spacial score (nSPS) is 12.3. The molecule has 1 amide bonds. The predicted molar refractivity (Wildman–Crippen MR) is 90.1 cm³/mol. The molecule has 3 N–H and O–H groups in total. The number of carbonyl (C=O) groups excluding carboxylic acids is 1. The van der Waals surface area contributed by atoms with Gasteiger partial charge in [0, 0.05) is 16.5 Å². The van der Waals surface area contributed by atoms with Crippen LogP contribution in [0.2, 0.25) is 0 Å². The Balaban J connectivity index is 1.98. The molecule has 6 heteroatoms. The van der Waals surface area contributed by atoms with E-state index in [1.165, 1.54) is 12.1 Å². The lowest BCUT2D eigenvalue weighted by molar-refractivity contribution is 0.0915. The molecule has 5 nitrogen and oxygen atoms in total. The number of nitrogens with one attached hydrogen (secondary N) is 2. The Morgan fingerprint density at radius 1 is 1.33 bits per heavy atom. The number of aliphatic hydroxyl groups is 1. The fourth-order valence-electron chi connectivity index (χ4n) is 2.56. The summed E-state index contributed by atoms with van der Waals surface area (Å²) in [5.41, 5.74) is 2.46.